The van der Waals surface area contributed by atoms with Crippen LogP contribution < -0.4 is 15.4 Å². The lowest BCUT2D eigenvalue weighted by atomic mass is 10.2. The number of hydrogen-bond acceptors (Lipinski definition) is 4. The third kappa shape index (κ3) is 3.85. The zero-order chi connectivity index (χ0) is 13.7. The van der Waals surface area contributed by atoms with Crippen LogP contribution in [0.2, 0.25) is 0 Å². The number of piperazine rings is 1. The molecule has 1 aromatic carbocycles. The molecule has 4 nitrogen and oxygen atoms in total. The second kappa shape index (κ2) is 6.78. The molecule has 1 heterocycles. The highest BCUT2D eigenvalue weighted by Gasteiger charge is 2.19. The van der Waals surface area contributed by atoms with E-state index in [9.17, 15) is 0 Å². The smallest absolute Gasteiger partial charge is 0.142 e. The van der Waals surface area contributed by atoms with E-state index in [-0.39, 0.29) is 6.10 Å². The predicted molar refractivity (Wildman–Crippen MR) is 79.9 cm³/mol. The number of hydrogen-bond donors (Lipinski definition) is 1. The van der Waals surface area contributed by atoms with Crippen LogP contribution in [0.4, 0.5) is 5.69 Å². The molecule has 4 heteroatoms. The molecule has 0 spiro atoms. The van der Waals surface area contributed by atoms with Gasteiger partial charge in [-0.2, -0.15) is 0 Å². The molecule has 0 saturated carbocycles. The van der Waals surface area contributed by atoms with E-state index in [0.717, 1.165) is 45.0 Å². The summed E-state index contributed by atoms with van der Waals surface area (Å²) in [6.07, 6.45) is 0.208. The van der Waals surface area contributed by atoms with Gasteiger partial charge in [-0.3, -0.25) is 4.90 Å². The lowest BCUT2D eigenvalue weighted by molar-refractivity contribution is 0.239. The summed E-state index contributed by atoms with van der Waals surface area (Å²) in [4.78, 5) is 4.83. The third-order valence-corrected chi connectivity index (χ3v) is 3.39. The summed E-state index contributed by atoms with van der Waals surface area (Å²) in [6, 6.07) is 8.32. The Labute approximate surface area is 116 Å². The number of nitrogens with two attached hydrogens (primary N) is 1. The maximum atomic E-state index is 5.90. The van der Waals surface area contributed by atoms with Crippen molar-refractivity contribution in [1.82, 2.24) is 4.90 Å². The standard InChI is InChI=1S/C15H25N3O/c1-13(2)19-15-6-4-3-5-14(15)18-11-9-17(8-7-16)10-12-18/h3-6,13H,7-12,16H2,1-2H3. The summed E-state index contributed by atoms with van der Waals surface area (Å²) in [7, 11) is 0. The fraction of sp³-hybridized carbons (Fsp3) is 0.600. The molecule has 1 fully saturated rings. The van der Waals surface area contributed by atoms with Crippen molar-refractivity contribution in [3.63, 3.8) is 0 Å². The Morgan fingerprint density at radius 1 is 1.16 bits per heavy atom. The number of ether oxygens (including phenoxy) is 1. The molecule has 2 rings (SSSR count). The summed E-state index contributed by atoms with van der Waals surface area (Å²) < 4.78 is 5.90. The Hall–Kier alpha value is -1.26. The fourth-order valence-electron chi connectivity index (χ4n) is 2.47. The molecule has 1 saturated heterocycles. The lowest BCUT2D eigenvalue weighted by Gasteiger charge is -2.36. The summed E-state index contributed by atoms with van der Waals surface area (Å²) in [5, 5.41) is 0. The fourth-order valence-corrected chi connectivity index (χ4v) is 2.47. The Morgan fingerprint density at radius 3 is 2.47 bits per heavy atom. The van der Waals surface area contributed by atoms with Gasteiger partial charge in [0.2, 0.25) is 0 Å². The molecule has 0 amide bonds. The zero-order valence-corrected chi connectivity index (χ0v) is 12.0. The van der Waals surface area contributed by atoms with Crippen molar-refractivity contribution >= 4 is 5.69 Å². The van der Waals surface area contributed by atoms with Gasteiger partial charge in [0, 0.05) is 39.3 Å². The van der Waals surface area contributed by atoms with Crippen molar-refractivity contribution in [2.45, 2.75) is 20.0 Å². The van der Waals surface area contributed by atoms with E-state index >= 15 is 0 Å². The SMILES string of the molecule is CC(C)Oc1ccccc1N1CCN(CCN)CC1. The molecule has 0 atom stereocenters. The van der Waals surface area contributed by atoms with Crippen LogP contribution in [0.15, 0.2) is 24.3 Å². The van der Waals surface area contributed by atoms with E-state index < -0.39 is 0 Å². The van der Waals surface area contributed by atoms with Crippen LogP contribution in [0, 0.1) is 0 Å². The van der Waals surface area contributed by atoms with E-state index in [1.807, 2.05) is 6.07 Å². The van der Waals surface area contributed by atoms with E-state index in [0.29, 0.717) is 0 Å². The largest absolute Gasteiger partial charge is 0.489 e. The Balaban J connectivity index is 2.02. The molecule has 0 aromatic heterocycles. The summed E-state index contributed by atoms with van der Waals surface area (Å²) in [5.74, 6) is 0.991. The van der Waals surface area contributed by atoms with Crippen molar-refractivity contribution in [3.8, 4) is 5.75 Å². The molecular formula is C15H25N3O. The molecule has 2 N–H and O–H groups in total. The zero-order valence-electron chi connectivity index (χ0n) is 12.0. The van der Waals surface area contributed by atoms with Crippen LogP contribution in [0.1, 0.15) is 13.8 Å². The van der Waals surface area contributed by atoms with Crippen molar-refractivity contribution in [2.24, 2.45) is 5.73 Å². The van der Waals surface area contributed by atoms with Gasteiger partial charge in [-0.05, 0) is 26.0 Å². The Morgan fingerprint density at radius 2 is 1.84 bits per heavy atom. The van der Waals surface area contributed by atoms with E-state index in [1.54, 1.807) is 0 Å². The first kappa shape index (κ1) is 14.2. The van der Waals surface area contributed by atoms with Gasteiger partial charge in [0.1, 0.15) is 5.75 Å². The maximum absolute atomic E-state index is 5.90. The van der Waals surface area contributed by atoms with Gasteiger partial charge >= 0.3 is 0 Å². The van der Waals surface area contributed by atoms with Gasteiger partial charge in [-0.15, -0.1) is 0 Å². The second-order valence-electron chi connectivity index (χ2n) is 5.25. The average Bonchev–Trinajstić information content (AvgIpc) is 2.40. The molecule has 1 aliphatic rings. The topological polar surface area (TPSA) is 41.7 Å². The number of para-hydroxylation sites is 2. The van der Waals surface area contributed by atoms with Gasteiger partial charge in [0.05, 0.1) is 11.8 Å². The van der Waals surface area contributed by atoms with Crippen molar-refractivity contribution in [1.29, 1.82) is 0 Å². The molecule has 0 aliphatic carbocycles. The van der Waals surface area contributed by atoms with Crippen LogP contribution in [0.25, 0.3) is 0 Å². The first-order valence-electron chi connectivity index (χ1n) is 7.13. The van der Waals surface area contributed by atoms with Gasteiger partial charge in [0.25, 0.3) is 0 Å². The molecule has 0 unspecified atom stereocenters. The predicted octanol–water partition coefficient (Wildman–Crippen LogP) is 1.55. The number of anilines is 1. The minimum atomic E-state index is 0.208. The highest BCUT2D eigenvalue weighted by molar-refractivity contribution is 5.58. The third-order valence-electron chi connectivity index (χ3n) is 3.39. The van der Waals surface area contributed by atoms with Gasteiger partial charge in [-0.1, -0.05) is 12.1 Å². The van der Waals surface area contributed by atoms with Gasteiger partial charge in [0.15, 0.2) is 0 Å². The number of nitrogens with zero attached hydrogens (tertiary/aromatic N) is 2. The molecule has 19 heavy (non-hydrogen) atoms. The first-order valence-corrected chi connectivity index (χ1v) is 7.13. The molecule has 0 radical (unpaired) electrons. The average molecular weight is 263 g/mol. The maximum Gasteiger partial charge on any atom is 0.142 e. The monoisotopic (exact) mass is 263 g/mol. The van der Waals surface area contributed by atoms with Crippen molar-refractivity contribution in [3.05, 3.63) is 24.3 Å². The number of benzene rings is 1. The number of rotatable bonds is 5. The first-order chi connectivity index (χ1) is 9.20. The van der Waals surface area contributed by atoms with Crippen molar-refractivity contribution in [2.75, 3.05) is 44.2 Å². The summed E-state index contributed by atoms with van der Waals surface area (Å²) >= 11 is 0. The van der Waals surface area contributed by atoms with Crippen molar-refractivity contribution < 1.29 is 4.74 Å². The van der Waals surface area contributed by atoms with Crippen LogP contribution in [-0.2, 0) is 0 Å². The Bertz CT molecular complexity index is 387. The molecule has 1 aromatic rings. The van der Waals surface area contributed by atoms with E-state index in [2.05, 4.69) is 41.8 Å². The van der Waals surface area contributed by atoms with E-state index in [1.165, 1.54) is 5.69 Å². The Kier molecular flexibility index (Phi) is 5.05. The van der Waals surface area contributed by atoms with Gasteiger partial charge < -0.3 is 15.4 Å². The highest BCUT2D eigenvalue weighted by atomic mass is 16.5. The highest BCUT2D eigenvalue weighted by Crippen LogP contribution is 2.29. The molecule has 1 aliphatic heterocycles. The molecule has 0 bridgehead atoms. The minimum absolute atomic E-state index is 0.208. The van der Waals surface area contributed by atoms with Crippen LogP contribution in [0.5, 0.6) is 5.75 Å². The summed E-state index contributed by atoms with van der Waals surface area (Å²) in [6.45, 7) is 10.1. The second-order valence-corrected chi connectivity index (χ2v) is 5.25. The molecular weight excluding hydrogens is 238 g/mol. The quantitative estimate of drug-likeness (QED) is 0.875. The van der Waals surface area contributed by atoms with Crippen LogP contribution in [0.3, 0.4) is 0 Å². The van der Waals surface area contributed by atoms with Crippen LogP contribution in [-0.4, -0.2) is 50.3 Å². The normalized spacial score (nSPS) is 16.9. The minimum Gasteiger partial charge on any atom is -0.489 e. The molecule has 106 valence electrons. The lowest BCUT2D eigenvalue weighted by Crippen LogP contribution is -2.47. The van der Waals surface area contributed by atoms with E-state index in [4.69, 9.17) is 10.5 Å². The van der Waals surface area contributed by atoms with Gasteiger partial charge in [-0.25, -0.2) is 0 Å². The van der Waals surface area contributed by atoms with Crippen LogP contribution >= 0.6 is 0 Å². The summed E-state index contributed by atoms with van der Waals surface area (Å²) in [5.41, 5.74) is 6.82.